The molecule has 0 aromatic heterocycles. The van der Waals surface area contributed by atoms with Gasteiger partial charge >= 0.3 is 0 Å². The molecule has 1 rings (SSSR count). The minimum absolute atomic E-state index is 0.134. The van der Waals surface area contributed by atoms with E-state index in [4.69, 9.17) is 5.73 Å². The molecule has 102 valence electrons. The van der Waals surface area contributed by atoms with Crippen molar-refractivity contribution in [1.82, 2.24) is 4.72 Å². The monoisotopic (exact) mass is 262 g/mol. The molecule has 1 aliphatic carbocycles. The van der Waals surface area contributed by atoms with Crippen molar-refractivity contribution in [1.29, 1.82) is 0 Å². The molecule has 0 bridgehead atoms. The highest BCUT2D eigenvalue weighted by atomic mass is 32.2. The smallest absolute Gasteiger partial charge is 0.211 e. The Balaban J connectivity index is 2.33. The maximum atomic E-state index is 11.8. The highest BCUT2D eigenvalue weighted by Crippen LogP contribution is 2.23. The van der Waals surface area contributed by atoms with Gasteiger partial charge in [-0.1, -0.05) is 13.8 Å². The first-order valence-electron chi connectivity index (χ1n) is 6.63. The Morgan fingerprint density at radius 3 is 2.29 bits per heavy atom. The first-order chi connectivity index (χ1) is 7.93. The van der Waals surface area contributed by atoms with Gasteiger partial charge in [-0.2, -0.15) is 0 Å². The van der Waals surface area contributed by atoms with Gasteiger partial charge in [0.25, 0.3) is 0 Å². The summed E-state index contributed by atoms with van der Waals surface area (Å²) in [5.74, 6) is 1.27. The summed E-state index contributed by atoms with van der Waals surface area (Å²) < 4.78 is 26.5. The quantitative estimate of drug-likeness (QED) is 0.761. The third kappa shape index (κ3) is 5.84. The van der Waals surface area contributed by atoms with E-state index in [0.717, 1.165) is 38.6 Å². The lowest BCUT2D eigenvalue weighted by Crippen LogP contribution is -2.39. The van der Waals surface area contributed by atoms with E-state index in [0.29, 0.717) is 11.8 Å². The Morgan fingerprint density at radius 2 is 1.82 bits per heavy atom. The summed E-state index contributed by atoms with van der Waals surface area (Å²) in [5.41, 5.74) is 5.62. The van der Waals surface area contributed by atoms with Crippen LogP contribution in [-0.4, -0.2) is 26.8 Å². The van der Waals surface area contributed by atoms with Crippen molar-refractivity contribution in [3.05, 3.63) is 0 Å². The van der Waals surface area contributed by atoms with Crippen LogP contribution in [0.1, 0.15) is 46.0 Å². The van der Waals surface area contributed by atoms with Crippen LogP contribution in [0.2, 0.25) is 0 Å². The van der Waals surface area contributed by atoms with Crippen LogP contribution in [0, 0.1) is 11.8 Å². The number of nitrogens with one attached hydrogen (secondary N) is 1. The highest BCUT2D eigenvalue weighted by Gasteiger charge is 2.23. The van der Waals surface area contributed by atoms with E-state index in [1.165, 1.54) is 0 Å². The Morgan fingerprint density at radius 1 is 1.24 bits per heavy atom. The zero-order chi connectivity index (χ0) is 12.9. The number of nitrogens with two attached hydrogens (primary N) is 1. The minimum Gasteiger partial charge on any atom is -0.330 e. The second-order valence-electron chi connectivity index (χ2n) is 5.57. The van der Waals surface area contributed by atoms with Crippen molar-refractivity contribution in [3.63, 3.8) is 0 Å². The summed E-state index contributed by atoms with van der Waals surface area (Å²) in [7, 11) is -3.08. The molecule has 0 atom stereocenters. The Hall–Kier alpha value is -0.130. The highest BCUT2D eigenvalue weighted by molar-refractivity contribution is 7.89. The normalized spacial score (nSPS) is 26.4. The zero-order valence-electron chi connectivity index (χ0n) is 11.0. The molecule has 5 heteroatoms. The molecule has 4 nitrogen and oxygen atoms in total. The molecule has 1 aliphatic rings. The Labute approximate surface area is 105 Å². The van der Waals surface area contributed by atoms with Gasteiger partial charge in [-0.3, -0.25) is 0 Å². The van der Waals surface area contributed by atoms with Gasteiger partial charge in [0.05, 0.1) is 5.75 Å². The standard InChI is InChI=1S/C12H26N2O2S/c1-10(2)7-8-17(15,16)14-12-5-3-11(9-13)4-6-12/h10-12,14H,3-9,13H2,1-2H3. The van der Waals surface area contributed by atoms with Crippen molar-refractivity contribution in [3.8, 4) is 0 Å². The van der Waals surface area contributed by atoms with E-state index in [1.807, 2.05) is 13.8 Å². The predicted octanol–water partition coefficient (Wildman–Crippen LogP) is 1.47. The number of hydrogen-bond acceptors (Lipinski definition) is 3. The molecule has 1 fully saturated rings. The lowest BCUT2D eigenvalue weighted by atomic mass is 9.87. The largest absolute Gasteiger partial charge is 0.330 e. The fraction of sp³-hybridized carbons (Fsp3) is 1.00. The van der Waals surface area contributed by atoms with E-state index < -0.39 is 10.0 Å². The lowest BCUT2D eigenvalue weighted by molar-refractivity contribution is 0.319. The van der Waals surface area contributed by atoms with Gasteiger partial charge in [0.2, 0.25) is 10.0 Å². The zero-order valence-corrected chi connectivity index (χ0v) is 11.8. The van der Waals surface area contributed by atoms with Gasteiger partial charge in [-0.25, -0.2) is 13.1 Å². The molecule has 0 aromatic carbocycles. The van der Waals surface area contributed by atoms with Gasteiger partial charge in [0.1, 0.15) is 0 Å². The van der Waals surface area contributed by atoms with Crippen LogP contribution >= 0.6 is 0 Å². The molecule has 0 radical (unpaired) electrons. The molecule has 0 spiro atoms. The van der Waals surface area contributed by atoms with Crippen LogP contribution in [0.3, 0.4) is 0 Å². The third-order valence-corrected chi connectivity index (χ3v) is 4.96. The van der Waals surface area contributed by atoms with Crippen LogP contribution in [0.5, 0.6) is 0 Å². The summed E-state index contributed by atoms with van der Waals surface area (Å²) in [6.45, 7) is 4.82. The first-order valence-corrected chi connectivity index (χ1v) is 8.28. The Kier molecular flexibility index (Phi) is 5.89. The van der Waals surface area contributed by atoms with Crippen molar-refractivity contribution < 1.29 is 8.42 Å². The van der Waals surface area contributed by atoms with Crippen molar-refractivity contribution >= 4 is 10.0 Å². The summed E-state index contributed by atoms with van der Waals surface area (Å²) in [6, 6.07) is 0.134. The second kappa shape index (κ2) is 6.71. The minimum atomic E-state index is -3.08. The molecule has 0 saturated heterocycles. The molecule has 0 amide bonds. The molecule has 0 unspecified atom stereocenters. The van der Waals surface area contributed by atoms with Crippen LogP contribution in [0.4, 0.5) is 0 Å². The van der Waals surface area contributed by atoms with Crippen LogP contribution in [0.15, 0.2) is 0 Å². The lowest BCUT2D eigenvalue weighted by Gasteiger charge is -2.28. The fourth-order valence-electron chi connectivity index (χ4n) is 2.22. The van der Waals surface area contributed by atoms with Crippen molar-refractivity contribution in [2.75, 3.05) is 12.3 Å². The maximum absolute atomic E-state index is 11.8. The molecular weight excluding hydrogens is 236 g/mol. The topological polar surface area (TPSA) is 72.2 Å². The van der Waals surface area contributed by atoms with Crippen molar-refractivity contribution in [2.45, 2.75) is 52.0 Å². The second-order valence-corrected chi connectivity index (χ2v) is 7.45. The molecule has 0 aromatic rings. The summed E-state index contributed by atoms with van der Waals surface area (Å²) in [5, 5.41) is 0. The summed E-state index contributed by atoms with van der Waals surface area (Å²) in [6.07, 6.45) is 4.70. The summed E-state index contributed by atoms with van der Waals surface area (Å²) >= 11 is 0. The summed E-state index contributed by atoms with van der Waals surface area (Å²) in [4.78, 5) is 0. The number of rotatable bonds is 6. The molecule has 1 saturated carbocycles. The van der Waals surface area contributed by atoms with Gasteiger partial charge in [0.15, 0.2) is 0 Å². The Bertz CT molecular complexity index is 306. The predicted molar refractivity (Wildman–Crippen MR) is 71.2 cm³/mol. The van der Waals surface area contributed by atoms with Crippen LogP contribution < -0.4 is 10.5 Å². The number of hydrogen-bond donors (Lipinski definition) is 2. The van der Waals surface area contributed by atoms with Gasteiger partial charge in [0, 0.05) is 6.04 Å². The molecule has 3 N–H and O–H groups in total. The third-order valence-electron chi connectivity index (χ3n) is 3.49. The van der Waals surface area contributed by atoms with Crippen molar-refractivity contribution in [2.24, 2.45) is 17.6 Å². The number of sulfonamides is 1. The maximum Gasteiger partial charge on any atom is 0.211 e. The fourth-order valence-corrected chi connectivity index (χ4v) is 3.86. The average Bonchev–Trinajstić information content (AvgIpc) is 2.27. The van der Waals surface area contributed by atoms with E-state index in [9.17, 15) is 8.42 Å². The molecular formula is C12H26N2O2S. The molecule has 0 heterocycles. The van der Waals surface area contributed by atoms with Crippen LogP contribution in [-0.2, 0) is 10.0 Å². The van der Waals surface area contributed by atoms with Gasteiger partial charge in [-0.05, 0) is 50.5 Å². The van der Waals surface area contributed by atoms with Crippen LogP contribution in [0.25, 0.3) is 0 Å². The molecule has 17 heavy (non-hydrogen) atoms. The van der Waals surface area contributed by atoms with E-state index in [2.05, 4.69) is 4.72 Å². The molecule has 0 aliphatic heterocycles. The van der Waals surface area contributed by atoms with E-state index in [-0.39, 0.29) is 11.8 Å². The van der Waals surface area contributed by atoms with E-state index >= 15 is 0 Å². The average molecular weight is 262 g/mol. The van der Waals surface area contributed by atoms with Gasteiger partial charge in [-0.15, -0.1) is 0 Å². The first kappa shape index (κ1) is 14.9. The van der Waals surface area contributed by atoms with E-state index in [1.54, 1.807) is 0 Å². The SMILES string of the molecule is CC(C)CCS(=O)(=O)NC1CCC(CN)CC1. The van der Waals surface area contributed by atoms with Gasteiger partial charge < -0.3 is 5.73 Å².